The minimum atomic E-state index is -3.23. The predicted octanol–water partition coefficient (Wildman–Crippen LogP) is -1.78. The maximum absolute atomic E-state index is 12.5. The third kappa shape index (κ3) is 3.26. The minimum Gasteiger partial charge on any atom is -0.393 e. The van der Waals surface area contributed by atoms with Crippen LogP contribution in [0.5, 0.6) is 0 Å². The highest BCUT2D eigenvalue weighted by Crippen LogP contribution is 2.27. The number of aliphatic hydroxyl groups is 1. The molecule has 2 N–H and O–H groups in total. The summed E-state index contributed by atoms with van der Waals surface area (Å²) >= 11 is 0. The van der Waals surface area contributed by atoms with Gasteiger partial charge in [-0.05, 0) is 6.92 Å². The summed E-state index contributed by atoms with van der Waals surface area (Å²) in [7, 11) is -3.23. The molecule has 22 heavy (non-hydrogen) atoms. The number of carbonyl (C=O) groups excluding carboxylic acids is 2. The van der Waals surface area contributed by atoms with Crippen LogP contribution in [0.15, 0.2) is 0 Å². The van der Waals surface area contributed by atoms with Crippen LogP contribution in [-0.2, 0) is 19.6 Å². The van der Waals surface area contributed by atoms with Gasteiger partial charge in [-0.1, -0.05) is 6.92 Å². The summed E-state index contributed by atoms with van der Waals surface area (Å²) < 4.78 is 24.3. The molecule has 2 rings (SSSR count). The highest BCUT2D eigenvalue weighted by molar-refractivity contribution is 7.88. The number of nitrogens with zero attached hydrogens (tertiary/aromatic N) is 2. The summed E-state index contributed by atoms with van der Waals surface area (Å²) in [5.41, 5.74) is 0. The molecule has 0 radical (unpaired) electrons. The Bertz CT molecular complexity index is 554. The molecule has 8 nitrogen and oxygen atoms in total. The molecule has 0 aromatic heterocycles. The summed E-state index contributed by atoms with van der Waals surface area (Å²) in [6.07, 6.45) is 0.362. The Morgan fingerprint density at radius 2 is 1.82 bits per heavy atom. The second-order valence-corrected chi connectivity index (χ2v) is 8.06. The van der Waals surface area contributed by atoms with Crippen LogP contribution >= 0.6 is 0 Å². The van der Waals surface area contributed by atoms with Crippen LogP contribution in [-0.4, -0.2) is 79.1 Å². The van der Waals surface area contributed by atoms with Crippen molar-refractivity contribution in [3.8, 4) is 0 Å². The summed E-state index contributed by atoms with van der Waals surface area (Å²) in [6, 6.07) is -0.368. The molecule has 0 aliphatic carbocycles. The Kier molecular flexibility index (Phi) is 4.78. The number of hydrogen-bond acceptors (Lipinski definition) is 5. The highest BCUT2D eigenvalue weighted by Gasteiger charge is 2.48. The van der Waals surface area contributed by atoms with E-state index in [-0.39, 0.29) is 30.9 Å². The van der Waals surface area contributed by atoms with E-state index < -0.39 is 28.0 Å². The number of β-lactam (4-membered cyclic amide) rings is 1. The van der Waals surface area contributed by atoms with E-state index >= 15 is 0 Å². The number of carbonyl (C=O) groups is 2. The SMILES string of the molecule is CC(C(=O)N1CCN(S(C)(=O)=O)CC1)[C@H]1NC(=O)[C@@H]1[C@@H](C)O. The molecule has 0 bridgehead atoms. The lowest BCUT2D eigenvalue weighted by Crippen LogP contribution is -2.66. The number of amides is 2. The molecule has 2 aliphatic heterocycles. The lowest BCUT2D eigenvalue weighted by Gasteiger charge is -2.43. The first-order chi connectivity index (χ1) is 10.1. The zero-order chi connectivity index (χ0) is 16.7. The van der Waals surface area contributed by atoms with Crippen molar-refractivity contribution in [3.63, 3.8) is 0 Å². The van der Waals surface area contributed by atoms with Gasteiger partial charge in [0.15, 0.2) is 0 Å². The zero-order valence-electron chi connectivity index (χ0n) is 13.0. The highest BCUT2D eigenvalue weighted by atomic mass is 32.2. The Hall–Kier alpha value is -1.19. The Morgan fingerprint density at radius 1 is 1.27 bits per heavy atom. The lowest BCUT2D eigenvalue weighted by atomic mass is 9.78. The van der Waals surface area contributed by atoms with E-state index in [1.807, 2.05) is 0 Å². The fourth-order valence-electron chi connectivity index (χ4n) is 3.05. The van der Waals surface area contributed by atoms with E-state index in [1.54, 1.807) is 18.7 Å². The Labute approximate surface area is 130 Å². The molecule has 126 valence electrons. The van der Waals surface area contributed by atoms with Crippen molar-refractivity contribution < 1.29 is 23.1 Å². The van der Waals surface area contributed by atoms with Crippen molar-refractivity contribution in [2.45, 2.75) is 26.0 Å². The molecule has 0 aromatic rings. The maximum Gasteiger partial charge on any atom is 0.228 e. The van der Waals surface area contributed by atoms with Gasteiger partial charge in [0.2, 0.25) is 21.8 Å². The summed E-state index contributed by atoms with van der Waals surface area (Å²) in [5.74, 6) is -1.36. The minimum absolute atomic E-state index is 0.121. The van der Waals surface area contributed by atoms with Crippen molar-refractivity contribution in [1.82, 2.24) is 14.5 Å². The monoisotopic (exact) mass is 333 g/mol. The van der Waals surface area contributed by atoms with Crippen LogP contribution < -0.4 is 5.32 Å². The summed E-state index contributed by atoms with van der Waals surface area (Å²) in [4.78, 5) is 25.6. The van der Waals surface area contributed by atoms with Crippen LogP contribution in [0.25, 0.3) is 0 Å². The van der Waals surface area contributed by atoms with Crippen molar-refractivity contribution in [2.75, 3.05) is 32.4 Å². The second kappa shape index (κ2) is 6.13. The summed E-state index contributed by atoms with van der Waals surface area (Å²) in [6.45, 7) is 4.53. The van der Waals surface area contributed by atoms with E-state index in [4.69, 9.17) is 0 Å². The van der Waals surface area contributed by atoms with Crippen LogP contribution in [0.2, 0.25) is 0 Å². The summed E-state index contributed by atoms with van der Waals surface area (Å²) in [5, 5.41) is 12.3. The van der Waals surface area contributed by atoms with E-state index in [0.29, 0.717) is 13.1 Å². The van der Waals surface area contributed by atoms with Crippen LogP contribution in [0.4, 0.5) is 0 Å². The fraction of sp³-hybridized carbons (Fsp3) is 0.846. The normalized spacial score (nSPS) is 29.5. The van der Waals surface area contributed by atoms with Gasteiger partial charge in [0.1, 0.15) is 0 Å². The molecule has 9 heteroatoms. The van der Waals surface area contributed by atoms with E-state index in [9.17, 15) is 23.1 Å². The third-order valence-electron chi connectivity index (χ3n) is 4.47. The second-order valence-electron chi connectivity index (χ2n) is 6.08. The lowest BCUT2D eigenvalue weighted by molar-refractivity contribution is -0.149. The first-order valence-electron chi connectivity index (χ1n) is 7.35. The molecule has 2 heterocycles. The quantitative estimate of drug-likeness (QED) is 0.592. The van der Waals surface area contributed by atoms with Gasteiger partial charge in [0.25, 0.3) is 0 Å². The van der Waals surface area contributed by atoms with Crippen LogP contribution in [0, 0.1) is 11.8 Å². The van der Waals surface area contributed by atoms with Gasteiger partial charge in [-0.2, -0.15) is 4.31 Å². The van der Waals surface area contributed by atoms with Crippen molar-refractivity contribution in [3.05, 3.63) is 0 Å². The van der Waals surface area contributed by atoms with E-state index in [1.165, 1.54) is 4.31 Å². The van der Waals surface area contributed by atoms with Crippen LogP contribution in [0.1, 0.15) is 13.8 Å². The van der Waals surface area contributed by atoms with Crippen molar-refractivity contribution in [2.24, 2.45) is 11.8 Å². The molecule has 0 spiro atoms. The molecule has 1 unspecified atom stereocenters. The molecular formula is C13H23N3O5S. The largest absolute Gasteiger partial charge is 0.393 e. The molecular weight excluding hydrogens is 310 g/mol. The molecule has 2 saturated heterocycles. The van der Waals surface area contributed by atoms with Gasteiger partial charge in [0, 0.05) is 26.2 Å². The fourth-order valence-corrected chi connectivity index (χ4v) is 3.88. The first kappa shape index (κ1) is 17.2. The smallest absolute Gasteiger partial charge is 0.228 e. The number of nitrogens with one attached hydrogen (secondary N) is 1. The van der Waals surface area contributed by atoms with Gasteiger partial charge in [-0.25, -0.2) is 8.42 Å². The van der Waals surface area contributed by atoms with Gasteiger partial charge < -0.3 is 15.3 Å². The number of hydrogen-bond donors (Lipinski definition) is 2. The molecule has 2 fully saturated rings. The average Bonchev–Trinajstić information content (AvgIpc) is 2.41. The molecule has 2 aliphatic rings. The average molecular weight is 333 g/mol. The first-order valence-corrected chi connectivity index (χ1v) is 9.20. The topological polar surface area (TPSA) is 107 Å². The predicted molar refractivity (Wildman–Crippen MR) is 79.3 cm³/mol. The number of piperazine rings is 1. The maximum atomic E-state index is 12.5. The standard InChI is InChI=1S/C13H23N3O5S/c1-8(11-10(9(2)17)12(18)14-11)13(19)15-4-6-16(7-5-15)22(3,20)21/h8-11,17H,4-7H2,1-3H3,(H,14,18)/t8?,9-,10-,11-/m1/s1. The van der Waals surface area contributed by atoms with E-state index in [0.717, 1.165) is 6.26 Å². The van der Waals surface area contributed by atoms with Crippen molar-refractivity contribution >= 4 is 21.8 Å². The number of aliphatic hydroxyl groups excluding tert-OH is 1. The van der Waals surface area contributed by atoms with Crippen molar-refractivity contribution in [1.29, 1.82) is 0 Å². The van der Waals surface area contributed by atoms with Gasteiger partial charge in [0.05, 0.1) is 30.2 Å². The van der Waals surface area contributed by atoms with E-state index in [2.05, 4.69) is 5.32 Å². The number of rotatable bonds is 4. The van der Waals surface area contributed by atoms with Crippen LogP contribution in [0.3, 0.4) is 0 Å². The zero-order valence-corrected chi connectivity index (χ0v) is 13.8. The van der Waals surface area contributed by atoms with Gasteiger partial charge in [-0.15, -0.1) is 0 Å². The number of sulfonamides is 1. The Balaban J connectivity index is 1.94. The van der Waals surface area contributed by atoms with Gasteiger partial charge >= 0.3 is 0 Å². The molecule has 0 aromatic carbocycles. The van der Waals surface area contributed by atoms with Gasteiger partial charge in [-0.3, -0.25) is 9.59 Å². The molecule has 4 atom stereocenters. The third-order valence-corrected chi connectivity index (χ3v) is 5.77. The molecule has 0 saturated carbocycles. The molecule has 2 amide bonds. The Morgan fingerprint density at radius 3 is 2.23 bits per heavy atom.